The summed E-state index contributed by atoms with van der Waals surface area (Å²) in [5.41, 5.74) is 7.30. The molecule has 1 aromatic carbocycles. The van der Waals surface area contributed by atoms with E-state index in [9.17, 15) is 0 Å². The van der Waals surface area contributed by atoms with Crippen molar-refractivity contribution in [3.63, 3.8) is 0 Å². The van der Waals surface area contributed by atoms with Crippen LogP contribution in [0.1, 0.15) is 37.7 Å². The molecule has 2 aliphatic rings. The second-order valence-corrected chi connectivity index (χ2v) is 5.61. The van der Waals surface area contributed by atoms with Crippen LogP contribution in [0.25, 0.3) is 0 Å². The Morgan fingerprint density at radius 1 is 1.11 bits per heavy atom. The molecule has 3 nitrogen and oxygen atoms in total. The van der Waals surface area contributed by atoms with Gasteiger partial charge in [-0.15, -0.1) is 0 Å². The summed E-state index contributed by atoms with van der Waals surface area (Å²) in [5, 5.41) is 0.620. The minimum absolute atomic E-state index is 0.0423. The summed E-state index contributed by atoms with van der Waals surface area (Å²) in [6, 6.07) is 3.96. The Morgan fingerprint density at radius 3 is 2.56 bits per heavy atom. The summed E-state index contributed by atoms with van der Waals surface area (Å²) in [6.45, 7) is 0.914. The highest BCUT2D eigenvalue weighted by atomic mass is 35.5. The van der Waals surface area contributed by atoms with Gasteiger partial charge in [0, 0.05) is 17.5 Å². The molecule has 0 amide bonds. The number of halogens is 1. The van der Waals surface area contributed by atoms with Gasteiger partial charge in [0.05, 0.1) is 5.02 Å². The van der Waals surface area contributed by atoms with Crippen LogP contribution in [0.2, 0.25) is 5.02 Å². The summed E-state index contributed by atoms with van der Waals surface area (Å²) in [7, 11) is 0. The molecule has 1 aromatic rings. The average Bonchev–Trinajstić information content (AvgIpc) is 2.90. The number of benzene rings is 1. The quantitative estimate of drug-likeness (QED) is 0.895. The third-order valence-corrected chi connectivity index (χ3v) is 4.54. The lowest BCUT2D eigenvalue weighted by molar-refractivity contribution is 0.170. The van der Waals surface area contributed by atoms with Crippen molar-refractivity contribution >= 4 is 11.6 Å². The lowest BCUT2D eigenvalue weighted by atomic mass is 9.69. The first-order valence-electron chi connectivity index (χ1n) is 6.55. The number of hydrogen-bond donors (Lipinski definition) is 1. The first-order valence-corrected chi connectivity index (χ1v) is 6.93. The van der Waals surface area contributed by atoms with Crippen LogP contribution in [-0.4, -0.2) is 13.3 Å². The molecule has 0 spiro atoms. The third kappa shape index (κ3) is 1.77. The minimum atomic E-state index is 0.0423. The van der Waals surface area contributed by atoms with E-state index in [0.717, 1.165) is 18.6 Å². The van der Waals surface area contributed by atoms with Gasteiger partial charge in [-0.2, -0.15) is 0 Å². The summed E-state index contributed by atoms with van der Waals surface area (Å²) >= 11 is 6.13. The highest BCUT2D eigenvalue weighted by molar-refractivity contribution is 6.32. The van der Waals surface area contributed by atoms with Crippen molar-refractivity contribution in [3.8, 4) is 11.5 Å². The molecule has 3 rings (SSSR count). The first kappa shape index (κ1) is 12.1. The molecule has 1 heterocycles. The predicted octanol–water partition coefficient (Wildman–Crippen LogP) is 3.23. The van der Waals surface area contributed by atoms with Gasteiger partial charge >= 0.3 is 0 Å². The van der Waals surface area contributed by atoms with E-state index in [1.165, 1.54) is 24.8 Å². The maximum absolute atomic E-state index is 6.13. The van der Waals surface area contributed by atoms with Crippen molar-refractivity contribution in [2.75, 3.05) is 13.3 Å². The molecule has 0 atom stereocenters. The van der Waals surface area contributed by atoms with Crippen LogP contribution in [0.15, 0.2) is 12.1 Å². The van der Waals surface area contributed by atoms with Gasteiger partial charge < -0.3 is 15.2 Å². The topological polar surface area (TPSA) is 44.5 Å². The second-order valence-electron chi connectivity index (χ2n) is 5.20. The van der Waals surface area contributed by atoms with Gasteiger partial charge in [0.2, 0.25) is 6.79 Å². The van der Waals surface area contributed by atoms with Gasteiger partial charge in [-0.05, 0) is 18.9 Å². The molecule has 0 radical (unpaired) electrons. The zero-order valence-electron chi connectivity index (χ0n) is 10.4. The van der Waals surface area contributed by atoms with Crippen molar-refractivity contribution in [3.05, 3.63) is 22.7 Å². The van der Waals surface area contributed by atoms with Crippen LogP contribution in [0.5, 0.6) is 11.5 Å². The maximum Gasteiger partial charge on any atom is 0.231 e. The van der Waals surface area contributed by atoms with E-state index < -0.39 is 0 Å². The molecule has 1 fully saturated rings. The van der Waals surface area contributed by atoms with Crippen LogP contribution in [-0.2, 0) is 5.41 Å². The summed E-state index contributed by atoms with van der Waals surface area (Å²) in [5.74, 6) is 1.50. The van der Waals surface area contributed by atoms with Crippen LogP contribution < -0.4 is 15.2 Å². The van der Waals surface area contributed by atoms with Crippen molar-refractivity contribution in [1.82, 2.24) is 0 Å². The van der Waals surface area contributed by atoms with E-state index >= 15 is 0 Å². The Balaban J connectivity index is 2.08. The van der Waals surface area contributed by atoms with E-state index in [2.05, 4.69) is 6.07 Å². The largest absolute Gasteiger partial charge is 0.453 e. The molecule has 0 bridgehead atoms. The molecule has 1 saturated carbocycles. The van der Waals surface area contributed by atoms with Crippen molar-refractivity contribution in [2.45, 2.75) is 37.5 Å². The molecular formula is C14H18ClNO2. The highest BCUT2D eigenvalue weighted by Crippen LogP contribution is 2.49. The fourth-order valence-corrected chi connectivity index (χ4v) is 3.40. The Kier molecular flexibility index (Phi) is 3.12. The molecule has 2 N–H and O–H groups in total. The fourth-order valence-electron chi connectivity index (χ4n) is 3.19. The van der Waals surface area contributed by atoms with Crippen molar-refractivity contribution in [1.29, 1.82) is 0 Å². The van der Waals surface area contributed by atoms with E-state index in [-0.39, 0.29) is 12.2 Å². The molecular weight excluding hydrogens is 250 g/mol. The molecule has 18 heavy (non-hydrogen) atoms. The third-order valence-electron chi connectivity index (χ3n) is 4.24. The Morgan fingerprint density at radius 2 is 1.83 bits per heavy atom. The van der Waals surface area contributed by atoms with E-state index in [4.69, 9.17) is 26.8 Å². The number of rotatable bonds is 2. The molecule has 0 aromatic heterocycles. The zero-order valence-corrected chi connectivity index (χ0v) is 11.1. The number of ether oxygens (including phenoxy) is 2. The lowest BCUT2D eigenvalue weighted by Gasteiger charge is -2.37. The summed E-state index contributed by atoms with van der Waals surface area (Å²) < 4.78 is 11.1. The molecule has 1 aliphatic carbocycles. The number of fused-ring (bicyclic) bond motifs is 1. The standard InChI is InChI=1S/C14H18ClNO2/c15-11-5-4-10(12-13(11)18-9-17-12)14(8-16)6-2-1-3-7-14/h4-5H,1-3,6-9,16H2. The number of hydrogen-bond acceptors (Lipinski definition) is 3. The molecule has 0 saturated heterocycles. The van der Waals surface area contributed by atoms with E-state index in [0.29, 0.717) is 17.3 Å². The zero-order chi connectivity index (χ0) is 12.6. The normalized spacial score (nSPS) is 21.0. The highest BCUT2D eigenvalue weighted by Gasteiger charge is 2.37. The molecule has 1 aliphatic heterocycles. The second kappa shape index (κ2) is 4.63. The van der Waals surface area contributed by atoms with Crippen LogP contribution in [0.4, 0.5) is 0 Å². The fraction of sp³-hybridized carbons (Fsp3) is 0.571. The summed E-state index contributed by atoms with van der Waals surface area (Å²) in [6.07, 6.45) is 6.02. The minimum Gasteiger partial charge on any atom is -0.453 e. The van der Waals surface area contributed by atoms with Gasteiger partial charge in [0.25, 0.3) is 0 Å². The maximum atomic E-state index is 6.13. The molecule has 98 valence electrons. The van der Waals surface area contributed by atoms with Crippen LogP contribution in [0.3, 0.4) is 0 Å². The number of nitrogens with two attached hydrogens (primary N) is 1. The van der Waals surface area contributed by atoms with Gasteiger partial charge in [-0.1, -0.05) is 36.9 Å². The van der Waals surface area contributed by atoms with Gasteiger partial charge in [0.1, 0.15) is 0 Å². The molecule has 4 heteroatoms. The SMILES string of the molecule is NCC1(c2ccc(Cl)c3c2OCO3)CCCCC1. The van der Waals surface area contributed by atoms with Crippen LogP contribution in [0, 0.1) is 0 Å². The monoisotopic (exact) mass is 267 g/mol. The Hall–Kier alpha value is -0.930. The molecule has 0 unspecified atom stereocenters. The predicted molar refractivity (Wildman–Crippen MR) is 71.4 cm³/mol. The van der Waals surface area contributed by atoms with E-state index in [1.54, 1.807) is 0 Å². The van der Waals surface area contributed by atoms with Gasteiger partial charge in [-0.3, -0.25) is 0 Å². The van der Waals surface area contributed by atoms with Gasteiger partial charge in [0.15, 0.2) is 11.5 Å². The van der Waals surface area contributed by atoms with Gasteiger partial charge in [-0.25, -0.2) is 0 Å². The van der Waals surface area contributed by atoms with Crippen molar-refractivity contribution in [2.24, 2.45) is 5.73 Å². The van der Waals surface area contributed by atoms with Crippen LogP contribution >= 0.6 is 11.6 Å². The summed E-state index contributed by atoms with van der Waals surface area (Å²) in [4.78, 5) is 0. The average molecular weight is 268 g/mol. The smallest absolute Gasteiger partial charge is 0.231 e. The Labute approximate surface area is 112 Å². The lowest BCUT2D eigenvalue weighted by Crippen LogP contribution is -2.37. The first-order chi connectivity index (χ1) is 8.77. The Bertz CT molecular complexity index is 455. The van der Waals surface area contributed by atoms with Crippen molar-refractivity contribution < 1.29 is 9.47 Å². The van der Waals surface area contributed by atoms with E-state index in [1.807, 2.05) is 6.07 Å².